The van der Waals surface area contributed by atoms with Crippen LogP contribution in [0.4, 0.5) is 0 Å². The normalized spacial score (nSPS) is 13.5. The van der Waals surface area contributed by atoms with Gasteiger partial charge >= 0.3 is 23.9 Å². The standard InChI is InChI=1S/C27H48O8/c1-5-6-7-8-9-10-11-12-13-14-15-16-17-18-19-20-24(28)33-22(3)26(31)35-23(4)27(32)34-21(2)25(29)30/h21-23H,5-20H2,1-4H3,(H,29,30)/t21-,22+,23-/m1/s1. The van der Waals surface area contributed by atoms with Gasteiger partial charge in [0.05, 0.1) is 0 Å². The summed E-state index contributed by atoms with van der Waals surface area (Å²) >= 11 is 0. The molecule has 35 heavy (non-hydrogen) atoms. The van der Waals surface area contributed by atoms with Gasteiger partial charge in [-0.3, -0.25) is 4.79 Å². The molecule has 0 saturated heterocycles. The van der Waals surface area contributed by atoms with Crippen LogP contribution in [0.1, 0.15) is 130 Å². The molecule has 0 fully saturated rings. The first-order valence-corrected chi connectivity index (χ1v) is 13.5. The maximum atomic E-state index is 12.0. The number of unbranched alkanes of at least 4 members (excludes halogenated alkanes) is 14. The van der Waals surface area contributed by atoms with Crippen LogP contribution >= 0.6 is 0 Å². The van der Waals surface area contributed by atoms with E-state index in [1.54, 1.807) is 0 Å². The van der Waals surface area contributed by atoms with E-state index < -0.39 is 42.2 Å². The molecule has 0 heterocycles. The zero-order chi connectivity index (χ0) is 26.5. The quantitative estimate of drug-likeness (QED) is 0.107. The number of ether oxygens (including phenoxy) is 3. The minimum Gasteiger partial charge on any atom is -0.479 e. The number of carboxylic acid groups (broad SMARTS) is 1. The fraction of sp³-hybridized carbons (Fsp3) is 0.852. The van der Waals surface area contributed by atoms with Gasteiger partial charge in [-0.25, -0.2) is 14.4 Å². The van der Waals surface area contributed by atoms with E-state index in [9.17, 15) is 19.2 Å². The highest BCUT2D eigenvalue weighted by atomic mass is 16.6. The molecule has 0 aromatic heterocycles. The van der Waals surface area contributed by atoms with Crippen molar-refractivity contribution in [3.8, 4) is 0 Å². The van der Waals surface area contributed by atoms with Crippen molar-refractivity contribution < 1.29 is 38.5 Å². The average Bonchev–Trinajstić information content (AvgIpc) is 2.81. The van der Waals surface area contributed by atoms with Gasteiger partial charge < -0.3 is 19.3 Å². The Labute approximate surface area is 211 Å². The van der Waals surface area contributed by atoms with Crippen LogP contribution in [-0.4, -0.2) is 47.3 Å². The third kappa shape index (κ3) is 18.8. The largest absolute Gasteiger partial charge is 0.479 e. The summed E-state index contributed by atoms with van der Waals surface area (Å²) in [6.07, 6.45) is 15.0. The second-order valence-corrected chi connectivity index (χ2v) is 9.33. The molecular weight excluding hydrogens is 452 g/mol. The summed E-state index contributed by atoms with van der Waals surface area (Å²) in [7, 11) is 0. The maximum absolute atomic E-state index is 12.0. The van der Waals surface area contributed by atoms with Crippen LogP contribution in [-0.2, 0) is 33.4 Å². The third-order valence-electron chi connectivity index (χ3n) is 5.89. The van der Waals surface area contributed by atoms with Gasteiger partial charge in [-0.15, -0.1) is 0 Å². The summed E-state index contributed by atoms with van der Waals surface area (Å²) in [4.78, 5) is 46.4. The number of rotatable bonds is 22. The van der Waals surface area contributed by atoms with Gasteiger partial charge in [0.2, 0.25) is 0 Å². The van der Waals surface area contributed by atoms with Crippen LogP contribution in [0.25, 0.3) is 0 Å². The lowest BCUT2D eigenvalue weighted by Crippen LogP contribution is -2.35. The molecule has 0 aromatic rings. The van der Waals surface area contributed by atoms with Gasteiger partial charge in [-0.05, 0) is 27.2 Å². The van der Waals surface area contributed by atoms with Crippen molar-refractivity contribution in [3.05, 3.63) is 0 Å². The zero-order valence-corrected chi connectivity index (χ0v) is 22.4. The van der Waals surface area contributed by atoms with Crippen molar-refractivity contribution in [1.82, 2.24) is 0 Å². The summed E-state index contributed by atoms with van der Waals surface area (Å²) in [5.41, 5.74) is 0. The summed E-state index contributed by atoms with van der Waals surface area (Å²) in [6.45, 7) is 6.07. The number of carbonyl (C=O) groups is 4. The predicted molar refractivity (Wildman–Crippen MR) is 134 cm³/mol. The second-order valence-electron chi connectivity index (χ2n) is 9.33. The Hall–Kier alpha value is -2.12. The summed E-state index contributed by atoms with van der Waals surface area (Å²) in [5.74, 6) is -3.66. The molecular formula is C27H48O8. The van der Waals surface area contributed by atoms with E-state index in [2.05, 4.69) is 11.7 Å². The lowest BCUT2D eigenvalue weighted by atomic mass is 10.0. The van der Waals surface area contributed by atoms with Gasteiger partial charge in [0.15, 0.2) is 18.3 Å². The van der Waals surface area contributed by atoms with Crippen molar-refractivity contribution in [2.45, 2.75) is 149 Å². The van der Waals surface area contributed by atoms with Gasteiger partial charge in [-0.2, -0.15) is 0 Å². The zero-order valence-electron chi connectivity index (χ0n) is 22.4. The van der Waals surface area contributed by atoms with E-state index >= 15 is 0 Å². The molecule has 204 valence electrons. The number of esters is 3. The van der Waals surface area contributed by atoms with E-state index in [-0.39, 0.29) is 6.42 Å². The Morgan fingerprint density at radius 2 is 0.886 bits per heavy atom. The van der Waals surface area contributed by atoms with Gasteiger partial charge in [0, 0.05) is 6.42 Å². The molecule has 0 saturated carbocycles. The molecule has 0 aliphatic rings. The lowest BCUT2D eigenvalue weighted by molar-refractivity contribution is -0.181. The van der Waals surface area contributed by atoms with Crippen molar-refractivity contribution in [2.75, 3.05) is 0 Å². The smallest absolute Gasteiger partial charge is 0.347 e. The highest BCUT2D eigenvalue weighted by molar-refractivity contribution is 5.84. The Bertz CT molecular complexity index is 604. The minimum atomic E-state index is -1.35. The van der Waals surface area contributed by atoms with Crippen LogP contribution in [0.3, 0.4) is 0 Å². The molecule has 0 rings (SSSR count). The number of aliphatic carboxylic acids is 1. The Morgan fingerprint density at radius 1 is 0.543 bits per heavy atom. The first-order valence-electron chi connectivity index (χ1n) is 13.5. The van der Waals surface area contributed by atoms with Crippen LogP contribution in [0.15, 0.2) is 0 Å². The van der Waals surface area contributed by atoms with Gasteiger partial charge in [0.25, 0.3) is 0 Å². The van der Waals surface area contributed by atoms with E-state index in [0.717, 1.165) is 12.8 Å². The molecule has 0 aliphatic heterocycles. The Morgan fingerprint density at radius 3 is 1.29 bits per heavy atom. The molecule has 0 aromatic carbocycles. The fourth-order valence-corrected chi connectivity index (χ4v) is 3.58. The predicted octanol–water partition coefficient (Wildman–Crippen LogP) is 6.13. The molecule has 0 aliphatic carbocycles. The van der Waals surface area contributed by atoms with E-state index in [4.69, 9.17) is 14.6 Å². The first kappa shape index (κ1) is 32.9. The topological polar surface area (TPSA) is 116 Å². The summed E-state index contributed by atoms with van der Waals surface area (Å²) in [5, 5.41) is 8.74. The van der Waals surface area contributed by atoms with Gasteiger partial charge in [0.1, 0.15) is 0 Å². The van der Waals surface area contributed by atoms with Crippen LogP contribution < -0.4 is 0 Å². The van der Waals surface area contributed by atoms with Crippen molar-refractivity contribution in [2.24, 2.45) is 0 Å². The molecule has 0 unspecified atom stereocenters. The maximum Gasteiger partial charge on any atom is 0.347 e. The van der Waals surface area contributed by atoms with Crippen LogP contribution in [0.2, 0.25) is 0 Å². The van der Waals surface area contributed by atoms with Crippen molar-refractivity contribution >= 4 is 23.9 Å². The van der Waals surface area contributed by atoms with Crippen molar-refractivity contribution in [3.63, 3.8) is 0 Å². The molecule has 3 atom stereocenters. The number of carbonyl (C=O) groups excluding carboxylic acids is 3. The highest BCUT2D eigenvalue weighted by Crippen LogP contribution is 2.14. The average molecular weight is 501 g/mol. The lowest BCUT2D eigenvalue weighted by Gasteiger charge is -2.17. The molecule has 1 N–H and O–H groups in total. The Kier molecular flexibility index (Phi) is 19.9. The minimum absolute atomic E-state index is 0.226. The monoisotopic (exact) mass is 500 g/mol. The SMILES string of the molecule is CCCCCCCCCCCCCCCCCC(=O)O[C@@H](C)C(=O)O[C@H](C)C(=O)O[C@H](C)C(=O)O. The number of hydrogen-bond donors (Lipinski definition) is 1. The van der Waals surface area contributed by atoms with Crippen LogP contribution in [0, 0.1) is 0 Å². The molecule has 0 radical (unpaired) electrons. The van der Waals surface area contributed by atoms with E-state index in [0.29, 0.717) is 6.42 Å². The summed E-state index contributed by atoms with van der Waals surface area (Å²) in [6, 6.07) is 0. The van der Waals surface area contributed by atoms with E-state index in [1.165, 1.54) is 97.8 Å². The Balaban J connectivity index is 3.71. The number of hydrogen-bond acceptors (Lipinski definition) is 7. The molecule has 0 bridgehead atoms. The first-order chi connectivity index (χ1) is 16.7. The van der Waals surface area contributed by atoms with Crippen LogP contribution in [0.5, 0.6) is 0 Å². The molecule has 0 spiro atoms. The third-order valence-corrected chi connectivity index (χ3v) is 5.89. The molecule has 8 nitrogen and oxygen atoms in total. The van der Waals surface area contributed by atoms with Gasteiger partial charge in [-0.1, -0.05) is 96.8 Å². The highest BCUT2D eigenvalue weighted by Gasteiger charge is 2.27. The fourth-order valence-electron chi connectivity index (χ4n) is 3.58. The number of carboxylic acids is 1. The molecule has 0 amide bonds. The molecule has 8 heteroatoms. The van der Waals surface area contributed by atoms with Crippen molar-refractivity contribution in [1.29, 1.82) is 0 Å². The van der Waals surface area contributed by atoms with E-state index in [1.807, 2.05) is 0 Å². The second kappa shape index (κ2) is 21.2. The summed E-state index contributed by atoms with van der Waals surface area (Å²) < 4.78 is 14.6.